The van der Waals surface area contributed by atoms with Crippen LogP contribution in [0.4, 0.5) is 5.69 Å². The molecule has 0 fully saturated rings. The highest BCUT2D eigenvalue weighted by Crippen LogP contribution is 2.28. The van der Waals surface area contributed by atoms with Gasteiger partial charge in [-0.15, -0.1) is 0 Å². The molecule has 0 atom stereocenters. The first kappa shape index (κ1) is 12.7. The van der Waals surface area contributed by atoms with Crippen LogP contribution in [-0.4, -0.2) is 22.6 Å². The zero-order valence-electron chi connectivity index (χ0n) is 11.0. The van der Waals surface area contributed by atoms with Crippen molar-refractivity contribution >= 4 is 22.8 Å². The summed E-state index contributed by atoms with van der Waals surface area (Å²) < 4.78 is 11.5. The molecule has 2 heterocycles. The number of anilines is 1. The third-order valence-electron chi connectivity index (χ3n) is 3.14. The zero-order chi connectivity index (χ0) is 15.0. The van der Waals surface area contributed by atoms with Crippen LogP contribution in [0.25, 0.3) is 16.8 Å². The summed E-state index contributed by atoms with van der Waals surface area (Å²) in [5, 5.41) is 9.10. The Bertz CT molecular complexity index is 885. The maximum Gasteiger partial charge on any atom is 0.357 e. The molecule has 1 aromatic carbocycles. The quantitative estimate of drug-likeness (QED) is 0.719. The van der Waals surface area contributed by atoms with E-state index in [2.05, 4.69) is 4.98 Å². The number of hydrogen-bond acceptors (Lipinski definition) is 6. The van der Waals surface area contributed by atoms with Crippen LogP contribution in [0, 0.1) is 11.3 Å². The van der Waals surface area contributed by atoms with E-state index >= 15 is 0 Å². The molecule has 0 spiro atoms. The number of methoxy groups -OCH3 is 1. The van der Waals surface area contributed by atoms with Crippen molar-refractivity contribution in [2.45, 2.75) is 0 Å². The monoisotopic (exact) mass is 282 g/mol. The van der Waals surface area contributed by atoms with Gasteiger partial charge in [0.25, 0.3) is 0 Å². The molecule has 2 aromatic heterocycles. The van der Waals surface area contributed by atoms with Crippen molar-refractivity contribution in [3.8, 4) is 11.8 Å². The third-order valence-corrected chi connectivity index (χ3v) is 3.14. The van der Waals surface area contributed by atoms with Gasteiger partial charge in [0.2, 0.25) is 0 Å². The van der Waals surface area contributed by atoms with Crippen LogP contribution >= 0.6 is 0 Å². The summed E-state index contributed by atoms with van der Waals surface area (Å²) >= 11 is 0. The molecule has 7 heteroatoms. The van der Waals surface area contributed by atoms with Gasteiger partial charge in [-0.2, -0.15) is 5.26 Å². The van der Waals surface area contributed by atoms with Crippen molar-refractivity contribution in [3.05, 3.63) is 42.0 Å². The van der Waals surface area contributed by atoms with Crippen LogP contribution in [0.2, 0.25) is 0 Å². The smallest absolute Gasteiger partial charge is 0.357 e. The highest BCUT2D eigenvalue weighted by atomic mass is 16.5. The molecule has 0 aliphatic heterocycles. The van der Waals surface area contributed by atoms with Gasteiger partial charge < -0.3 is 19.5 Å². The predicted octanol–water partition coefficient (Wildman–Crippen LogP) is 1.86. The average molecular weight is 282 g/mol. The number of carbonyl (C=O) groups excluding carboxylic acids is 1. The molecule has 0 amide bonds. The van der Waals surface area contributed by atoms with Gasteiger partial charge in [0.05, 0.1) is 24.0 Å². The normalized spacial score (nSPS) is 10.5. The van der Waals surface area contributed by atoms with Gasteiger partial charge >= 0.3 is 5.97 Å². The number of aromatic nitrogens is 2. The first-order valence-electron chi connectivity index (χ1n) is 5.99. The Hall–Kier alpha value is -3.27. The lowest BCUT2D eigenvalue weighted by atomic mass is 10.2. The minimum Gasteiger partial charge on any atom is -0.464 e. The first-order valence-corrected chi connectivity index (χ1v) is 5.99. The molecule has 7 nitrogen and oxygen atoms in total. The van der Waals surface area contributed by atoms with E-state index in [0.717, 1.165) is 0 Å². The van der Waals surface area contributed by atoms with Gasteiger partial charge in [-0.3, -0.25) is 0 Å². The van der Waals surface area contributed by atoms with E-state index in [1.54, 1.807) is 18.2 Å². The number of oxazole rings is 1. The van der Waals surface area contributed by atoms with Crippen molar-refractivity contribution < 1.29 is 13.9 Å². The van der Waals surface area contributed by atoms with Gasteiger partial charge in [-0.1, -0.05) is 6.07 Å². The summed E-state index contributed by atoms with van der Waals surface area (Å²) in [7, 11) is 1.25. The van der Waals surface area contributed by atoms with E-state index in [4.69, 9.17) is 20.1 Å². The van der Waals surface area contributed by atoms with Crippen molar-refractivity contribution in [1.29, 1.82) is 5.26 Å². The maximum atomic E-state index is 12.0. The fraction of sp³-hybridized carbons (Fsp3) is 0.0714. The summed E-state index contributed by atoms with van der Waals surface area (Å²) in [6.45, 7) is 0. The Morgan fingerprint density at radius 1 is 1.52 bits per heavy atom. The molecule has 0 aliphatic rings. The number of nitrogens with two attached hydrogens (primary N) is 1. The number of fused-ring (bicyclic) bond motifs is 1. The molecule has 3 aromatic rings. The van der Waals surface area contributed by atoms with Crippen molar-refractivity contribution in [3.63, 3.8) is 0 Å². The number of ether oxygens (including phenoxy) is 1. The van der Waals surface area contributed by atoms with Gasteiger partial charge in [0.15, 0.2) is 17.7 Å². The molecule has 0 radical (unpaired) electrons. The second-order valence-corrected chi connectivity index (χ2v) is 4.25. The molecule has 0 bridgehead atoms. The molecular weight excluding hydrogens is 272 g/mol. The van der Waals surface area contributed by atoms with Gasteiger partial charge in [-0.25, -0.2) is 9.78 Å². The zero-order valence-corrected chi connectivity index (χ0v) is 11.0. The highest BCUT2D eigenvalue weighted by molar-refractivity contribution is 5.97. The fourth-order valence-corrected chi connectivity index (χ4v) is 2.17. The van der Waals surface area contributed by atoms with E-state index in [1.165, 1.54) is 24.3 Å². The van der Waals surface area contributed by atoms with Crippen molar-refractivity contribution in [1.82, 2.24) is 9.55 Å². The van der Waals surface area contributed by atoms with E-state index in [0.29, 0.717) is 16.8 Å². The molecule has 3 rings (SSSR count). The summed E-state index contributed by atoms with van der Waals surface area (Å²) in [6.07, 6.45) is 2.79. The number of esters is 1. The molecule has 2 N–H and O–H groups in total. The van der Waals surface area contributed by atoms with Crippen molar-refractivity contribution in [2.75, 3.05) is 12.8 Å². The van der Waals surface area contributed by atoms with E-state index < -0.39 is 5.97 Å². The maximum absolute atomic E-state index is 12.0. The van der Waals surface area contributed by atoms with E-state index in [1.807, 2.05) is 6.07 Å². The third kappa shape index (κ3) is 1.81. The number of carbonyl (C=O) groups is 1. The van der Waals surface area contributed by atoms with Crippen LogP contribution in [0.15, 0.2) is 35.2 Å². The van der Waals surface area contributed by atoms with Crippen LogP contribution in [-0.2, 0) is 4.74 Å². The second-order valence-electron chi connectivity index (χ2n) is 4.25. The number of benzene rings is 1. The summed E-state index contributed by atoms with van der Waals surface area (Å²) in [4.78, 5) is 16.1. The minimum absolute atomic E-state index is 0.0739. The number of para-hydroxylation sites is 1. The molecule has 0 saturated carbocycles. The lowest BCUT2D eigenvalue weighted by Gasteiger charge is -2.08. The topological polar surface area (TPSA) is 107 Å². The Morgan fingerprint density at radius 3 is 3.05 bits per heavy atom. The minimum atomic E-state index is -0.630. The van der Waals surface area contributed by atoms with E-state index in [-0.39, 0.29) is 16.9 Å². The average Bonchev–Trinajstić information content (AvgIpc) is 3.10. The number of rotatable bonds is 2. The highest BCUT2D eigenvalue weighted by Gasteiger charge is 2.23. The summed E-state index contributed by atoms with van der Waals surface area (Å²) in [6, 6.07) is 7.20. The Labute approximate surface area is 119 Å². The molecule has 0 unspecified atom stereocenters. The Balaban J connectivity index is 2.35. The van der Waals surface area contributed by atoms with Crippen LogP contribution < -0.4 is 5.73 Å². The molecular formula is C14H10N4O3. The van der Waals surface area contributed by atoms with Gasteiger partial charge in [0, 0.05) is 6.20 Å². The largest absolute Gasteiger partial charge is 0.464 e. The lowest BCUT2D eigenvalue weighted by molar-refractivity contribution is 0.0593. The van der Waals surface area contributed by atoms with E-state index in [9.17, 15) is 4.79 Å². The predicted molar refractivity (Wildman–Crippen MR) is 73.8 cm³/mol. The van der Waals surface area contributed by atoms with Crippen LogP contribution in [0.3, 0.4) is 0 Å². The second kappa shape index (κ2) is 4.68. The molecule has 0 saturated heterocycles. The molecule has 104 valence electrons. The van der Waals surface area contributed by atoms with Gasteiger partial charge in [0.1, 0.15) is 11.6 Å². The van der Waals surface area contributed by atoms with Crippen LogP contribution in [0.1, 0.15) is 16.1 Å². The molecule has 21 heavy (non-hydrogen) atoms. The van der Waals surface area contributed by atoms with Crippen LogP contribution in [0.5, 0.6) is 0 Å². The summed E-state index contributed by atoms with van der Waals surface area (Å²) in [5.74, 6) is -0.630. The Morgan fingerprint density at radius 2 is 2.33 bits per heavy atom. The fourth-order valence-electron chi connectivity index (χ4n) is 2.17. The lowest BCUT2D eigenvalue weighted by Crippen LogP contribution is -2.11. The number of nitrogens with zero attached hydrogens (tertiary/aromatic N) is 3. The first-order chi connectivity index (χ1) is 10.2. The number of hydrogen-bond donors (Lipinski definition) is 1. The standard InChI is InChI=1S/C14H10N4O3/c1-20-14(19)13-11(16)8(5-15)6-18(13)9-3-2-4-10-12(9)17-7-21-10/h2-4,6-7H,16H2,1H3. The summed E-state index contributed by atoms with van der Waals surface area (Å²) in [5.41, 5.74) is 7.91. The number of nitrogen functional groups attached to an aromatic ring is 1. The van der Waals surface area contributed by atoms with Crippen molar-refractivity contribution in [2.24, 2.45) is 0 Å². The number of nitriles is 1. The SMILES string of the molecule is COC(=O)c1c(N)c(C#N)cn1-c1cccc2ocnc12. The van der Waals surface area contributed by atoms with Gasteiger partial charge in [-0.05, 0) is 12.1 Å². The Kier molecular flexibility index (Phi) is 2.84. The molecule has 0 aliphatic carbocycles.